The Morgan fingerprint density at radius 1 is 1.35 bits per heavy atom. The quantitative estimate of drug-likeness (QED) is 0.763. The van der Waals surface area contributed by atoms with Crippen molar-refractivity contribution in [3.8, 4) is 5.75 Å². The van der Waals surface area contributed by atoms with Gasteiger partial charge < -0.3 is 19.7 Å². The maximum atomic E-state index is 12.4. The van der Waals surface area contributed by atoms with Crippen LogP contribution in [-0.4, -0.2) is 36.1 Å². The highest BCUT2D eigenvalue weighted by molar-refractivity contribution is 5.94. The minimum Gasteiger partial charge on any atom is -0.494 e. The van der Waals surface area contributed by atoms with Gasteiger partial charge in [-0.2, -0.15) is 0 Å². The number of nitrogens with one attached hydrogen (secondary N) is 1. The molecule has 0 saturated carbocycles. The average molecular weight is 356 g/mol. The SMILES string of the molecule is CCN(C(=O)CCCOc1ccc2c(c1)CCC(=O)N2)C1C=CC=CO1. The summed E-state index contributed by atoms with van der Waals surface area (Å²) in [6.07, 6.45) is 9.09. The van der Waals surface area contributed by atoms with E-state index in [1.54, 1.807) is 17.2 Å². The fourth-order valence-corrected chi connectivity index (χ4v) is 3.06. The number of ether oxygens (including phenoxy) is 2. The van der Waals surface area contributed by atoms with Gasteiger partial charge in [0.15, 0.2) is 6.23 Å². The predicted octanol–water partition coefficient (Wildman–Crippen LogP) is 3.01. The minimum atomic E-state index is -0.325. The van der Waals surface area contributed by atoms with E-state index in [0.717, 1.165) is 23.4 Å². The first kappa shape index (κ1) is 18.0. The topological polar surface area (TPSA) is 67.9 Å². The summed E-state index contributed by atoms with van der Waals surface area (Å²) in [7, 11) is 0. The smallest absolute Gasteiger partial charge is 0.225 e. The number of rotatable bonds is 7. The van der Waals surface area contributed by atoms with E-state index in [0.29, 0.717) is 32.4 Å². The van der Waals surface area contributed by atoms with Gasteiger partial charge in [-0.15, -0.1) is 0 Å². The van der Waals surface area contributed by atoms with Gasteiger partial charge in [-0.3, -0.25) is 9.59 Å². The Bertz CT molecular complexity index is 727. The largest absolute Gasteiger partial charge is 0.494 e. The van der Waals surface area contributed by atoms with Crippen LogP contribution in [0.15, 0.2) is 42.7 Å². The first-order chi connectivity index (χ1) is 12.7. The van der Waals surface area contributed by atoms with Crippen LogP contribution in [0.5, 0.6) is 5.75 Å². The van der Waals surface area contributed by atoms with Crippen molar-refractivity contribution in [1.29, 1.82) is 0 Å². The number of anilines is 1. The summed E-state index contributed by atoms with van der Waals surface area (Å²) in [4.78, 5) is 25.5. The summed E-state index contributed by atoms with van der Waals surface area (Å²) in [5.41, 5.74) is 1.95. The second-order valence-electron chi connectivity index (χ2n) is 6.24. The van der Waals surface area contributed by atoms with Gasteiger partial charge in [0.2, 0.25) is 11.8 Å². The number of allylic oxidation sites excluding steroid dienone is 2. The van der Waals surface area contributed by atoms with Crippen molar-refractivity contribution in [2.24, 2.45) is 0 Å². The van der Waals surface area contributed by atoms with Gasteiger partial charge >= 0.3 is 0 Å². The molecular formula is C20H24N2O4. The van der Waals surface area contributed by atoms with Crippen LogP contribution in [0, 0.1) is 0 Å². The van der Waals surface area contributed by atoms with Crippen LogP contribution in [0.3, 0.4) is 0 Å². The van der Waals surface area contributed by atoms with Gasteiger partial charge in [-0.25, -0.2) is 0 Å². The maximum Gasteiger partial charge on any atom is 0.225 e. The molecule has 0 aromatic heterocycles. The zero-order valence-electron chi connectivity index (χ0n) is 14.9. The van der Waals surface area contributed by atoms with Crippen LogP contribution in [-0.2, 0) is 20.7 Å². The first-order valence-electron chi connectivity index (χ1n) is 9.01. The number of nitrogens with zero attached hydrogens (tertiary/aromatic N) is 1. The molecule has 2 heterocycles. The van der Waals surface area contributed by atoms with Gasteiger partial charge in [-0.05, 0) is 55.7 Å². The Balaban J connectivity index is 1.45. The number of likely N-dealkylation sites (N-methyl/N-ethyl adjacent to an activating group) is 1. The summed E-state index contributed by atoms with van der Waals surface area (Å²) < 4.78 is 11.2. The molecule has 0 saturated heterocycles. The molecule has 2 aliphatic heterocycles. The van der Waals surface area contributed by atoms with Crippen molar-refractivity contribution in [3.63, 3.8) is 0 Å². The molecule has 2 amide bonds. The molecule has 26 heavy (non-hydrogen) atoms. The van der Waals surface area contributed by atoms with Crippen molar-refractivity contribution in [2.75, 3.05) is 18.5 Å². The van der Waals surface area contributed by atoms with E-state index in [2.05, 4.69) is 5.32 Å². The van der Waals surface area contributed by atoms with E-state index in [-0.39, 0.29) is 18.0 Å². The van der Waals surface area contributed by atoms with Crippen molar-refractivity contribution in [2.45, 2.75) is 38.8 Å². The van der Waals surface area contributed by atoms with Crippen LogP contribution < -0.4 is 10.1 Å². The van der Waals surface area contributed by atoms with E-state index in [9.17, 15) is 9.59 Å². The zero-order chi connectivity index (χ0) is 18.4. The second kappa shape index (κ2) is 8.56. The molecule has 6 nitrogen and oxygen atoms in total. The van der Waals surface area contributed by atoms with E-state index in [1.807, 2.05) is 37.3 Å². The van der Waals surface area contributed by atoms with Gasteiger partial charge in [-0.1, -0.05) is 6.08 Å². The number of hydrogen-bond acceptors (Lipinski definition) is 4. The van der Waals surface area contributed by atoms with E-state index in [4.69, 9.17) is 9.47 Å². The molecule has 138 valence electrons. The Kier molecular flexibility index (Phi) is 5.94. The number of fused-ring (bicyclic) bond motifs is 1. The molecule has 1 aromatic rings. The highest BCUT2D eigenvalue weighted by Gasteiger charge is 2.21. The van der Waals surface area contributed by atoms with E-state index in [1.165, 1.54) is 0 Å². The Hall–Kier alpha value is -2.76. The van der Waals surface area contributed by atoms with Crippen molar-refractivity contribution >= 4 is 17.5 Å². The van der Waals surface area contributed by atoms with Gasteiger partial charge in [0.05, 0.1) is 12.9 Å². The maximum absolute atomic E-state index is 12.4. The number of aryl methyl sites for hydroxylation is 1. The molecule has 0 radical (unpaired) electrons. The lowest BCUT2D eigenvalue weighted by Crippen LogP contribution is -2.40. The monoisotopic (exact) mass is 356 g/mol. The van der Waals surface area contributed by atoms with Crippen molar-refractivity contribution in [3.05, 3.63) is 48.3 Å². The molecule has 2 aliphatic rings. The fraction of sp³-hybridized carbons (Fsp3) is 0.400. The van der Waals surface area contributed by atoms with Gasteiger partial charge in [0, 0.05) is 25.1 Å². The minimum absolute atomic E-state index is 0.0502. The van der Waals surface area contributed by atoms with Crippen molar-refractivity contribution in [1.82, 2.24) is 4.90 Å². The number of carbonyl (C=O) groups is 2. The third-order valence-electron chi connectivity index (χ3n) is 4.43. The van der Waals surface area contributed by atoms with Crippen LogP contribution >= 0.6 is 0 Å². The molecule has 1 N–H and O–H groups in total. The molecule has 1 aromatic carbocycles. The number of hydrogen-bond donors (Lipinski definition) is 1. The molecule has 3 rings (SSSR count). The van der Waals surface area contributed by atoms with E-state index >= 15 is 0 Å². The molecule has 1 unspecified atom stereocenters. The van der Waals surface area contributed by atoms with Gasteiger partial charge in [0.25, 0.3) is 0 Å². The highest BCUT2D eigenvalue weighted by atomic mass is 16.5. The van der Waals surface area contributed by atoms with Crippen LogP contribution in [0.2, 0.25) is 0 Å². The standard InChI is InChI=1S/C20H24N2O4/c1-2-22(20-7-3-4-12-26-20)19(24)6-5-13-25-16-9-10-17-15(14-16)8-11-18(23)21-17/h3-4,7,9-10,12,14,20H,2,5-6,8,11,13H2,1H3,(H,21,23). The zero-order valence-corrected chi connectivity index (χ0v) is 14.9. The third kappa shape index (κ3) is 4.45. The second-order valence-corrected chi connectivity index (χ2v) is 6.24. The highest BCUT2D eigenvalue weighted by Crippen LogP contribution is 2.26. The number of benzene rings is 1. The van der Waals surface area contributed by atoms with Crippen LogP contribution in [0.25, 0.3) is 0 Å². The average Bonchev–Trinajstić information content (AvgIpc) is 2.66. The van der Waals surface area contributed by atoms with Crippen LogP contribution in [0.1, 0.15) is 31.7 Å². The lowest BCUT2D eigenvalue weighted by molar-refractivity contribution is -0.139. The lowest BCUT2D eigenvalue weighted by atomic mass is 10.0. The fourth-order valence-electron chi connectivity index (χ4n) is 3.06. The van der Waals surface area contributed by atoms with Gasteiger partial charge in [0.1, 0.15) is 5.75 Å². The molecule has 0 spiro atoms. The molecule has 1 atom stereocenters. The predicted molar refractivity (Wildman–Crippen MR) is 98.7 cm³/mol. The summed E-state index contributed by atoms with van der Waals surface area (Å²) in [6, 6.07) is 5.67. The van der Waals surface area contributed by atoms with E-state index < -0.39 is 0 Å². The molecule has 0 fully saturated rings. The number of carbonyl (C=O) groups excluding carboxylic acids is 2. The summed E-state index contributed by atoms with van der Waals surface area (Å²) in [5, 5.41) is 2.85. The van der Waals surface area contributed by atoms with Crippen LogP contribution in [0.4, 0.5) is 5.69 Å². The van der Waals surface area contributed by atoms with Crippen molar-refractivity contribution < 1.29 is 19.1 Å². The molecular weight excluding hydrogens is 332 g/mol. The summed E-state index contributed by atoms with van der Waals surface area (Å²) in [6.45, 7) is 3.00. The summed E-state index contributed by atoms with van der Waals surface area (Å²) in [5.74, 6) is 0.870. The molecule has 0 bridgehead atoms. The number of amides is 2. The lowest BCUT2D eigenvalue weighted by Gasteiger charge is -2.29. The Labute approximate surface area is 153 Å². The first-order valence-corrected chi connectivity index (χ1v) is 9.01. The molecule has 6 heteroatoms. The Morgan fingerprint density at radius 3 is 3.00 bits per heavy atom. The molecule has 0 aliphatic carbocycles. The third-order valence-corrected chi connectivity index (χ3v) is 4.43. The normalized spacial score (nSPS) is 17.9. The Morgan fingerprint density at radius 2 is 2.23 bits per heavy atom. The summed E-state index contributed by atoms with van der Waals surface area (Å²) >= 11 is 0.